The van der Waals surface area contributed by atoms with E-state index in [4.69, 9.17) is 4.74 Å². The van der Waals surface area contributed by atoms with Gasteiger partial charge >= 0.3 is 12.1 Å². The van der Waals surface area contributed by atoms with Crippen molar-refractivity contribution in [2.45, 2.75) is 24.1 Å². The average Bonchev–Trinajstić information content (AvgIpc) is 2.66. The lowest BCUT2D eigenvalue weighted by Crippen LogP contribution is -2.31. The number of nitrogens with one attached hydrogen (secondary N) is 2. The molecule has 1 heterocycles. The molecule has 0 radical (unpaired) electrons. The van der Waals surface area contributed by atoms with Crippen LogP contribution in [0.4, 0.5) is 24.5 Å². The number of anilines is 2. The zero-order chi connectivity index (χ0) is 21.2. The Balaban J connectivity index is 1.68. The monoisotopic (exact) mass is 424 g/mol. The smallest absolute Gasteiger partial charge is 0.418 e. The van der Waals surface area contributed by atoms with Crippen molar-refractivity contribution in [1.29, 1.82) is 0 Å². The first-order valence-electron chi connectivity index (χ1n) is 8.40. The minimum Gasteiger partial charge on any atom is -0.449 e. The van der Waals surface area contributed by atoms with E-state index in [1.807, 2.05) is 0 Å². The molecule has 0 saturated carbocycles. The van der Waals surface area contributed by atoms with Crippen molar-refractivity contribution < 1.29 is 32.3 Å². The molecule has 2 aromatic rings. The highest BCUT2D eigenvalue weighted by Gasteiger charge is 2.34. The van der Waals surface area contributed by atoms with Gasteiger partial charge in [-0.05, 0) is 37.3 Å². The van der Waals surface area contributed by atoms with Crippen LogP contribution < -0.4 is 10.6 Å². The summed E-state index contributed by atoms with van der Waals surface area (Å²) in [7, 11) is 0. The van der Waals surface area contributed by atoms with Crippen LogP contribution in [0.15, 0.2) is 47.4 Å². The standard InChI is InChI=1S/C19H15F3N2O4S/c1-10(17(26)24-13-5-3-2-4-12(13)19(20,21)22)28-18(27)11-6-7-15-14(8-11)23-16(25)9-29-15/h2-8,10H,9H2,1H3,(H,23,25)(H,24,26). The Hall–Kier alpha value is -3.01. The van der Waals surface area contributed by atoms with Gasteiger partial charge in [-0.1, -0.05) is 12.1 Å². The first-order valence-corrected chi connectivity index (χ1v) is 9.38. The van der Waals surface area contributed by atoms with Crippen LogP contribution in [0, 0.1) is 0 Å². The van der Waals surface area contributed by atoms with Crippen LogP contribution in [0.1, 0.15) is 22.8 Å². The summed E-state index contributed by atoms with van der Waals surface area (Å²) in [6.45, 7) is 1.25. The molecule has 0 aliphatic carbocycles. The van der Waals surface area contributed by atoms with Gasteiger partial charge in [-0.15, -0.1) is 11.8 Å². The molecule has 2 aromatic carbocycles. The van der Waals surface area contributed by atoms with E-state index < -0.39 is 35.4 Å². The number of rotatable bonds is 4. The van der Waals surface area contributed by atoms with Crippen molar-refractivity contribution in [1.82, 2.24) is 0 Å². The van der Waals surface area contributed by atoms with Gasteiger partial charge in [-0.25, -0.2) is 4.79 Å². The zero-order valence-electron chi connectivity index (χ0n) is 15.0. The molecule has 1 aliphatic rings. The summed E-state index contributed by atoms with van der Waals surface area (Å²) in [5, 5.41) is 4.76. The molecule has 0 bridgehead atoms. The number of carbonyl (C=O) groups excluding carboxylic acids is 3. The molecule has 1 atom stereocenters. The summed E-state index contributed by atoms with van der Waals surface area (Å²) in [5.41, 5.74) is -0.880. The van der Waals surface area contributed by atoms with Crippen LogP contribution in [0.3, 0.4) is 0 Å². The third-order valence-corrected chi connectivity index (χ3v) is 5.07. The molecule has 6 nitrogen and oxygen atoms in total. The number of hydrogen-bond acceptors (Lipinski definition) is 5. The normalized spacial score (nSPS) is 14.4. The largest absolute Gasteiger partial charge is 0.449 e. The second-order valence-corrected chi connectivity index (χ2v) is 7.15. The fraction of sp³-hybridized carbons (Fsp3) is 0.211. The maximum absolute atomic E-state index is 13.0. The van der Waals surface area contributed by atoms with E-state index in [2.05, 4.69) is 10.6 Å². The minimum absolute atomic E-state index is 0.0990. The highest BCUT2D eigenvalue weighted by Crippen LogP contribution is 2.35. The summed E-state index contributed by atoms with van der Waals surface area (Å²) in [6, 6.07) is 9.04. The zero-order valence-corrected chi connectivity index (χ0v) is 15.8. The number of alkyl halides is 3. The third kappa shape index (κ3) is 4.89. The summed E-state index contributed by atoms with van der Waals surface area (Å²) >= 11 is 1.32. The molecule has 2 N–H and O–H groups in total. The molecule has 0 saturated heterocycles. The van der Waals surface area contributed by atoms with Crippen molar-refractivity contribution in [3.63, 3.8) is 0 Å². The maximum Gasteiger partial charge on any atom is 0.418 e. The average molecular weight is 424 g/mol. The number of para-hydroxylation sites is 1. The highest BCUT2D eigenvalue weighted by atomic mass is 32.2. The molecule has 3 rings (SSSR count). The van der Waals surface area contributed by atoms with Crippen LogP contribution in [0.5, 0.6) is 0 Å². The quantitative estimate of drug-likeness (QED) is 0.727. The van der Waals surface area contributed by atoms with E-state index in [1.165, 1.54) is 43.0 Å². The Bertz CT molecular complexity index is 978. The van der Waals surface area contributed by atoms with Crippen molar-refractivity contribution in [3.8, 4) is 0 Å². The Morgan fingerprint density at radius 3 is 2.66 bits per heavy atom. The Kier molecular flexibility index (Phi) is 5.83. The fourth-order valence-corrected chi connectivity index (χ4v) is 3.35. The van der Waals surface area contributed by atoms with E-state index in [9.17, 15) is 27.6 Å². The SMILES string of the molecule is CC(OC(=O)c1ccc2c(c1)NC(=O)CS2)C(=O)Nc1ccccc1C(F)(F)F. The molecule has 2 amide bonds. The number of benzene rings is 2. The van der Waals surface area contributed by atoms with Gasteiger partial charge in [0.15, 0.2) is 6.10 Å². The summed E-state index contributed by atoms with van der Waals surface area (Å²) < 4.78 is 44.1. The van der Waals surface area contributed by atoms with Gasteiger partial charge in [0, 0.05) is 4.90 Å². The predicted molar refractivity (Wildman–Crippen MR) is 101 cm³/mol. The number of fused-ring (bicyclic) bond motifs is 1. The lowest BCUT2D eigenvalue weighted by atomic mass is 10.1. The fourth-order valence-electron chi connectivity index (χ4n) is 2.57. The third-order valence-electron chi connectivity index (χ3n) is 3.99. The van der Waals surface area contributed by atoms with E-state index >= 15 is 0 Å². The van der Waals surface area contributed by atoms with E-state index in [-0.39, 0.29) is 17.2 Å². The number of amides is 2. The number of ether oxygens (including phenoxy) is 1. The van der Waals surface area contributed by atoms with Gasteiger partial charge < -0.3 is 15.4 Å². The van der Waals surface area contributed by atoms with E-state index in [0.29, 0.717) is 5.69 Å². The topological polar surface area (TPSA) is 84.5 Å². The van der Waals surface area contributed by atoms with Crippen molar-refractivity contribution >= 4 is 40.9 Å². The lowest BCUT2D eigenvalue weighted by Gasteiger charge is -2.18. The second-order valence-electron chi connectivity index (χ2n) is 6.13. The Labute approximate surface area is 167 Å². The molecular weight excluding hydrogens is 409 g/mol. The first-order chi connectivity index (χ1) is 13.6. The molecule has 1 aliphatic heterocycles. The molecule has 0 fully saturated rings. The van der Waals surface area contributed by atoms with Gasteiger partial charge in [-0.2, -0.15) is 13.2 Å². The molecule has 0 spiro atoms. The summed E-state index contributed by atoms with van der Waals surface area (Å²) in [5.74, 6) is -1.68. The molecule has 1 unspecified atom stereocenters. The predicted octanol–water partition coefficient (Wildman–Crippen LogP) is 3.93. The second kappa shape index (κ2) is 8.16. The van der Waals surface area contributed by atoms with Gasteiger partial charge in [0.25, 0.3) is 5.91 Å². The summed E-state index contributed by atoms with van der Waals surface area (Å²) in [4.78, 5) is 36.8. The van der Waals surface area contributed by atoms with Crippen molar-refractivity contribution in [3.05, 3.63) is 53.6 Å². The van der Waals surface area contributed by atoms with Crippen LogP contribution >= 0.6 is 11.8 Å². The first kappa shape index (κ1) is 20.7. The number of hydrogen-bond donors (Lipinski definition) is 2. The number of thioether (sulfide) groups is 1. The Morgan fingerprint density at radius 1 is 1.21 bits per heavy atom. The molecule has 29 heavy (non-hydrogen) atoms. The number of esters is 1. The summed E-state index contributed by atoms with van der Waals surface area (Å²) in [6.07, 6.45) is -5.99. The van der Waals surface area contributed by atoms with Crippen LogP contribution in [-0.2, 0) is 20.5 Å². The van der Waals surface area contributed by atoms with E-state index in [0.717, 1.165) is 17.0 Å². The molecule has 0 aromatic heterocycles. The number of halogens is 3. The molecular formula is C19H15F3N2O4S. The lowest BCUT2D eigenvalue weighted by molar-refractivity contribution is -0.137. The number of carbonyl (C=O) groups is 3. The van der Waals surface area contributed by atoms with Gasteiger partial charge in [-0.3, -0.25) is 9.59 Å². The minimum atomic E-state index is -4.64. The van der Waals surface area contributed by atoms with Crippen LogP contribution in [-0.4, -0.2) is 29.6 Å². The van der Waals surface area contributed by atoms with E-state index in [1.54, 1.807) is 6.07 Å². The Morgan fingerprint density at radius 2 is 1.93 bits per heavy atom. The van der Waals surface area contributed by atoms with Gasteiger partial charge in [0.05, 0.1) is 28.3 Å². The molecule has 152 valence electrons. The van der Waals surface area contributed by atoms with Crippen LogP contribution in [0.25, 0.3) is 0 Å². The van der Waals surface area contributed by atoms with Crippen molar-refractivity contribution in [2.75, 3.05) is 16.4 Å². The highest BCUT2D eigenvalue weighted by molar-refractivity contribution is 8.00. The molecule has 10 heteroatoms. The van der Waals surface area contributed by atoms with Gasteiger partial charge in [0.2, 0.25) is 5.91 Å². The van der Waals surface area contributed by atoms with Crippen molar-refractivity contribution in [2.24, 2.45) is 0 Å². The maximum atomic E-state index is 13.0. The van der Waals surface area contributed by atoms with Gasteiger partial charge in [0.1, 0.15) is 0 Å². The van der Waals surface area contributed by atoms with Crippen LogP contribution in [0.2, 0.25) is 0 Å².